The Hall–Kier alpha value is -4.52. The van der Waals surface area contributed by atoms with E-state index in [1.807, 2.05) is 54.6 Å². The Morgan fingerprint density at radius 2 is 1.56 bits per heavy atom. The number of carbonyl (C=O) groups is 2. The summed E-state index contributed by atoms with van der Waals surface area (Å²) in [5.41, 5.74) is 3.07. The number of hydrogen-bond acceptors (Lipinski definition) is 6. The largest absolute Gasteiger partial charge is 0.493 e. The van der Waals surface area contributed by atoms with Gasteiger partial charge in [0.05, 0.1) is 38.2 Å². The fourth-order valence-corrected chi connectivity index (χ4v) is 4.08. The minimum Gasteiger partial charge on any atom is -0.493 e. The second kappa shape index (κ2) is 10.8. The number of amides is 1. The number of methoxy groups -OCH3 is 3. The molecule has 3 aromatic rings. The molecule has 0 spiro atoms. The van der Waals surface area contributed by atoms with E-state index in [1.54, 1.807) is 31.2 Å². The van der Waals surface area contributed by atoms with Gasteiger partial charge in [0.25, 0.3) is 5.91 Å². The van der Waals surface area contributed by atoms with Gasteiger partial charge in [-0.25, -0.2) is 4.79 Å². The summed E-state index contributed by atoms with van der Waals surface area (Å²) in [7, 11) is 4.35. The summed E-state index contributed by atoms with van der Waals surface area (Å²) in [5.74, 6) is 0.624. The van der Waals surface area contributed by atoms with E-state index in [0.29, 0.717) is 40.8 Å². The molecule has 0 aromatic heterocycles. The first-order chi connectivity index (χ1) is 17.5. The molecule has 36 heavy (non-hydrogen) atoms. The van der Waals surface area contributed by atoms with Gasteiger partial charge in [-0.2, -0.15) is 0 Å². The van der Waals surface area contributed by atoms with Crippen molar-refractivity contribution >= 4 is 23.6 Å². The van der Waals surface area contributed by atoms with Crippen LogP contribution in [0.3, 0.4) is 0 Å². The highest BCUT2D eigenvalue weighted by atomic mass is 16.5. The van der Waals surface area contributed by atoms with Crippen LogP contribution in [0.5, 0.6) is 17.2 Å². The third-order valence-electron chi connectivity index (χ3n) is 5.87. The van der Waals surface area contributed by atoms with Crippen LogP contribution in [-0.4, -0.2) is 33.2 Å². The average molecular weight is 486 g/mol. The van der Waals surface area contributed by atoms with Crippen LogP contribution in [0.1, 0.15) is 18.1 Å². The second-order valence-corrected chi connectivity index (χ2v) is 8.00. The number of benzene rings is 3. The van der Waals surface area contributed by atoms with E-state index < -0.39 is 5.97 Å². The zero-order chi connectivity index (χ0) is 25.7. The van der Waals surface area contributed by atoms with Crippen LogP contribution in [-0.2, 0) is 20.9 Å². The number of allylic oxidation sites excluding steroid dienone is 1. The second-order valence-electron chi connectivity index (χ2n) is 8.00. The van der Waals surface area contributed by atoms with Crippen LogP contribution in [0.15, 0.2) is 89.6 Å². The van der Waals surface area contributed by atoms with Gasteiger partial charge in [-0.3, -0.25) is 9.69 Å². The molecule has 0 saturated carbocycles. The van der Waals surface area contributed by atoms with Gasteiger partial charge in [-0.1, -0.05) is 48.5 Å². The highest BCUT2D eigenvalue weighted by molar-refractivity contribution is 6.24. The van der Waals surface area contributed by atoms with Crippen molar-refractivity contribution in [3.63, 3.8) is 0 Å². The van der Waals surface area contributed by atoms with E-state index in [-0.39, 0.29) is 17.1 Å². The Morgan fingerprint density at radius 3 is 2.25 bits per heavy atom. The topological polar surface area (TPSA) is 74.3 Å². The van der Waals surface area contributed by atoms with Crippen molar-refractivity contribution < 1.29 is 28.5 Å². The Kier molecular flexibility index (Phi) is 7.39. The van der Waals surface area contributed by atoms with Gasteiger partial charge in [0, 0.05) is 17.3 Å². The minimum atomic E-state index is -0.599. The van der Waals surface area contributed by atoms with Crippen LogP contribution < -0.4 is 19.1 Å². The lowest BCUT2D eigenvalue weighted by Gasteiger charge is -2.19. The van der Waals surface area contributed by atoms with Gasteiger partial charge in [0.15, 0.2) is 11.5 Å². The monoisotopic (exact) mass is 485 g/mol. The number of rotatable bonds is 8. The highest BCUT2D eigenvalue weighted by Gasteiger charge is 2.38. The van der Waals surface area contributed by atoms with Crippen LogP contribution in [0.4, 0.5) is 5.69 Å². The Balaban J connectivity index is 1.74. The van der Waals surface area contributed by atoms with Gasteiger partial charge in [0.1, 0.15) is 12.4 Å². The summed E-state index contributed by atoms with van der Waals surface area (Å²) in [5, 5.41) is 0. The zero-order valence-corrected chi connectivity index (χ0v) is 20.6. The SMILES string of the molecule is COC(=O)C1=C(C)N(c2ccc(OC)c(OC)c2)C(=O)/C1=C\c1ccccc1OCc1ccccc1. The van der Waals surface area contributed by atoms with Crippen LogP contribution in [0.25, 0.3) is 6.08 Å². The first-order valence-electron chi connectivity index (χ1n) is 11.3. The van der Waals surface area contributed by atoms with E-state index in [9.17, 15) is 9.59 Å². The number of ether oxygens (including phenoxy) is 4. The van der Waals surface area contributed by atoms with Crippen molar-refractivity contribution in [1.82, 2.24) is 0 Å². The lowest BCUT2D eigenvalue weighted by atomic mass is 10.0. The molecule has 3 aromatic carbocycles. The molecule has 1 amide bonds. The van der Waals surface area contributed by atoms with Gasteiger partial charge < -0.3 is 18.9 Å². The summed E-state index contributed by atoms with van der Waals surface area (Å²) in [6.45, 7) is 2.07. The van der Waals surface area contributed by atoms with E-state index in [1.165, 1.54) is 26.2 Å². The molecule has 0 atom stereocenters. The standard InChI is InChI=1S/C29H27NO6/c1-19-27(29(32)35-4)23(28(31)30(19)22-14-15-25(33-2)26(17-22)34-3)16-21-12-8-9-13-24(21)36-18-20-10-6-5-7-11-20/h5-17H,18H2,1-4H3/b23-16-. The summed E-state index contributed by atoms with van der Waals surface area (Å²) in [6, 6.07) is 22.3. The lowest BCUT2D eigenvalue weighted by Crippen LogP contribution is -2.24. The van der Waals surface area contributed by atoms with Crippen molar-refractivity contribution in [2.75, 3.05) is 26.2 Å². The third kappa shape index (κ3) is 4.81. The Bertz CT molecular complexity index is 1340. The fraction of sp³-hybridized carbons (Fsp3) is 0.172. The summed E-state index contributed by atoms with van der Waals surface area (Å²) in [6.07, 6.45) is 1.67. The predicted molar refractivity (Wildman–Crippen MR) is 137 cm³/mol. The number of nitrogens with zero attached hydrogens (tertiary/aromatic N) is 1. The molecule has 1 heterocycles. The van der Waals surface area contributed by atoms with Crippen molar-refractivity contribution in [2.45, 2.75) is 13.5 Å². The molecule has 4 rings (SSSR count). The number of esters is 1. The molecule has 0 unspecified atom stereocenters. The van der Waals surface area contributed by atoms with E-state index >= 15 is 0 Å². The normalized spacial score (nSPS) is 14.3. The molecule has 0 radical (unpaired) electrons. The number of hydrogen-bond donors (Lipinski definition) is 0. The molecule has 7 heteroatoms. The molecular formula is C29H27NO6. The first kappa shape index (κ1) is 24.6. The molecule has 184 valence electrons. The van der Waals surface area contributed by atoms with Crippen LogP contribution >= 0.6 is 0 Å². The van der Waals surface area contributed by atoms with Crippen LogP contribution in [0.2, 0.25) is 0 Å². The molecule has 1 aliphatic heterocycles. The molecular weight excluding hydrogens is 458 g/mol. The summed E-state index contributed by atoms with van der Waals surface area (Å²) < 4.78 is 21.8. The van der Waals surface area contributed by atoms with Gasteiger partial charge in [0.2, 0.25) is 0 Å². The maximum atomic E-state index is 13.7. The van der Waals surface area contributed by atoms with Crippen molar-refractivity contribution in [3.8, 4) is 17.2 Å². The maximum Gasteiger partial charge on any atom is 0.340 e. The Morgan fingerprint density at radius 1 is 0.861 bits per heavy atom. The minimum absolute atomic E-state index is 0.190. The van der Waals surface area contributed by atoms with Crippen LogP contribution in [0, 0.1) is 0 Å². The summed E-state index contributed by atoms with van der Waals surface area (Å²) in [4.78, 5) is 27.9. The fourth-order valence-electron chi connectivity index (χ4n) is 4.08. The predicted octanol–water partition coefficient (Wildman–Crippen LogP) is 5.16. The molecule has 0 fully saturated rings. The third-order valence-corrected chi connectivity index (χ3v) is 5.87. The first-order valence-corrected chi connectivity index (χ1v) is 11.3. The zero-order valence-electron chi connectivity index (χ0n) is 20.6. The van der Waals surface area contributed by atoms with Crippen molar-refractivity contribution in [1.29, 1.82) is 0 Å². The highest BCUT2D eigenvalue weighted by Crippen LogP contribution is 2.39. The van der Waals surface area contributed by atoms with E-state index in [0.717, 1.165) is 5.56 Å². The molecule has 1 aliphatic rings. The van der Waals surface area contributed by atoms with E-state index in [2.05, 4.69) is 0 Å². The number of carbonyl (C=O) groups excluding carboxylic acids is 2. The molecule has 0 bridgehead atoms. The molecule has 0 N–H and O–H groups in total. The van der Waals surface area contributed by atoms with Crippen molar-refractivity contribution in [2.24, 2.45) is 0 Å². The lowest BCUT2D eigenvalue weighted by molar-refractivity contribution is -0.136. The number of anilines is 1. The number of para-hydroxylation sites is 1. The van der Waals surface area contributed by atoms with Crippen molar-refractivity contribution in [3.05, 3.63) is 101 Å². The smallest absolute Gasteiger partial charge is 0.340 e. The van der Waals surface area contributed by atoms with Gasteiger partial charge in [-0.05, 0) is 36.8 Å². The van der Waals surface area contributed by atoms with Gasteiger partial charge in [-0.15, -0.1) is 0 Å². The molecule has 0 saturated heterocycles. The quantitative estimate of drug-likeness (QED) is 0.324. The molecule has 7 nitrogen and oxygen atoms in total. The van der Waals surface area contributed by atoms with Gasteiger partial charge >= 0.3 is 5.97 Å². The molecule has 0 aliphatic carbocycles. The average Bonchev–Trinajstić information content (AvgIpc) is 3.16. The maximum absolute atomic E-state index is 13.7. The van der Waals surface area contributed by atoms with E-state index in [4.69, 9.17) is 18.9 Å². The Labute approximate surface area is 210 Å². The summed E-state index contributed by atoms with van der Waals surface area (Å²) >= 11 is 0.